The number of methoxy groups -OCH3 is 1. The highest BCUT2D eigenvalue weighted by Gasteiger charge is 2.19. The van der Waals surface area contributed by atoms with Gasteiger partial charge in [0.05, 0.1) is 24.9 Å². The third kappa shape index (κ3) is 4.31. The van der Waals surface area contributed by atoms with Gasteiger partial charge in [-0.25, -0.2) is 9.48 Å². The smallest absolute Gasteiger partial charge is 0.334 e. The number of rotatable bonds is 7. The monoisotopic (exact) mass is 428 g/mol. The summed E-state index contributed by atoms with van der Waals surface area (Å²) < 4.78 is 12.1. The highest BCUT2D eigenvalue weighted by molar-refractivity contribution is 6.15. The Balaban J connectivity index is 1.69. The fourth-order valence-electron chi connectivity index (χ4n) is 3.51. The summed E-state index contributed by atoms with van der Waals surface area (Å²) in [7, 11) is 1.33. The molecule has 0 saturated carbocycles. The first-order chi connectivity index (χ1) is 15.5. The van der Waals surface area contributed by atoms with Crippen molar-refractivity contribution in [2.24, 2.45) is 0 Å². The Labute approximate surface area is 186 Å². The number of fused-ring (bicyclic) bond motifs is 1. The fourth-order valence-corrected chi connectivity index (χ4v) is 3.51. The van der Waals surface area contributed by atoms with E-state index < -0.39 is 12.1 Å². The average molecular weight is 428 g/mol. The van der Waals surface area contributed by atoms with Crippen molar-refractivity contribution in [3.63, 3.8) is 0 Å². The Hall–Kier alpha value is -3.77. The summed E-state index contributed by atoms with van der Waals surface area (Å²) in [6.45, 7) is 3.89. The van der Waals surface area contributed by atoms with E-state index in [4.69, 9.17) is 9.47 Å². The van der Waals surface area contributed by atoms with Gasteiger partial charge in [-0.15, -0.1) is 0 Å². The van der Waals surface area contributed by atoms with Gasteiger partial charge in [0.15, 0.2) is 6.10 Å². The SMILES string of the molecule is COC(=O)[C@@H](C)OCc1cccc(-n2nc(C(=O)c3ccc(C)cc3)c3ccccc32)c1. The van der Waals surface area contributed by atoms with Gasteiger partial charge in [0.1, 0.15) is 5.69 Å². The van der Waals surface area contributed by atoms with Crippen molar-refractivity contribution in [1.29, 1.82) is 0 Å². The van der Waals surface area contributed by atoms with Gasteiger partial charge >= 0.3 is 5.97 Å². The van der Waals surface area contributed by atoms with Crippen LogP contribution in [0.1, 0.15) is 34.1 Å². The molecule has 1 atom stereocenters. The van der Waals surface area contributed by atoms with Crippen molar-refractivity contribution in [1.82, 2.24) is 9.78 Å². The summed E-state index contributed by atoms with van der Waals surface area (Å²) in [6.07, 6.45) is -0.659. The van der Waals surface area contributed by atoms with Crippen LogP contribution in [0, 0.1) is 6.92 Å². The standard InChI is InChI=1S/C26H24N2O4/c1-17-11-13-20(14-12-17)25(29)24-22-9-4-5-10-23(22)28(27-24)21-8-6-7-19(15-21)16-32-18(2)26(30)31-3/h4-15,18H,16H2,1-3H3/t18-/m1/s1. The number of hydrogen-bond acceptors (Lipinski definition) is 5. The number of nitrogens with zero attached hydrogens (tertiary/aromatic N) is 2. The molecule has 4 aromatic rings. The van der Waals surface area contributed by atoms with Gasteiger partial charge in [0.25, 0.3) is 0 Å². The van der Waals surface area contributed by atoms with Crippen LogP contribution < -0.4 is 0 Å². The predicted molar refractivity (Wildman–Crippen MR) is 122 cm³/mol. The van der Waals surface area contributed by atoms with Crippen LogP contribution in [-0.4, -0.2) is 34.7 Å². The zero-order chi connectivity index (χ0) is 22.7. The van der Waals surface area contributed by atoms with Crippen LogP contribution in [0.15, 0.2) is 72.8 Å². The molecule has 6 nitrogen and oxygen atoms in total. The second-order valence-corrected chi connectivity index (χ2v) is 7.62. The number of benzene rings is 3. The molecule has 4 rings (SSSR count). The topological polar surface area (TPSA) is 70.4 Å². The van der Waals surface area contributed by atoms with Gasteiger partial charge in [0.2, 0.25) is 5.78 Å². The van der Waals surface area contributed by atoms with E-state index in [1.165, 1.54) is 7.11 Å². The maximum atomic E-state index is 13.2. The molecule has 32 heavy (non-hydrogen) atoms. The van der Waals surface area contributed by atoms with Crippen molar-refractivity contribution >= 4 is 22.7 Å². The lowest BCUT2D eigenvalue weighted by Crippen LogP contribution is -2.21. The highest BCUT2D eigenvalue weighted by atomic mass is 16.6. The first kappa shape index (κ1) is 21.5. The lowest BCUT2D eigenvalue weighted by Gasteiger charge is -2.11. The molecular formula is C26H24N2O4. The quantitative estimate of drug-likeness (QED) is 0.317. The van der Waals surface area contributed by atoms with E-state index in [1.807, 2.05) is 79.7 Å². The summed E-state index contributed by atoms with van der Waals surface area (Å²) in [4.78, 5) is 24.8. The summed E-state index contributed by atoms with van der Waals surface area (Å²) in [6, 6.07) is 22.8. The molecule has 0 unspecified atom stereocenters. The number of carbonyl (C=O) groups excluding carboxylic acids is 2. The molecule has 0 aliphatic heterocycles. The molecular weight excluding hydrogens is 404 g/mol. The van der Waals surface area contributed by atoms with E-state index in [1.54, 1.807) is 11.6 Å². The fraction of sp³-hybridized carbons (Fsp3) is 0.192. The summed E-state index contributed by atoms with van der Waals surface area (Å²) in [5.41, 5.74) is 4.62. The third-order valence-corrected chi connectivity index (χ3v) is 5.30. The molecule has 3 aromatic carbocycles. The molecule has 0 fully saturated rings. The molecule has 0 N–H and O–H groups in total. The second kappa shape index (κ2) is 9.16. The van der Waals surface area contributed by atoms with Crippen molar-refractivity contribution in [3.05, 3.63) is 95.2 Å². The Bertz CT molecular complexity index is 1270. The van der Waals surface area contributed by atoms with Crippen molar-refractivity contribution in [2.75, 3.05) is 7.11 Å². The van der Waals surface area contributed by atoms with Crippen LogP contribution in [-0.2, 0) is 20.9 Å². The minimum absolute atomic E-state index is 0.119. The summed E-state index contributed by atoms with van der Waals surface area (Å²) in [5, 5.41) is 5.48. The van der Waals surface area contributed by atoms with Gasteiger partial charge in [-0.1, -0.05) is 60.2 Å². The highest BCUT2D eigenvalue weighted by Crippen LogP contribution is 2.25. The van der Waals surface area contributed by atoms with Gasteiger partial charge in [0, 0.05) is 10.9 Å². The Morgan fingerprint density at radius 2 is 1.75 bits per heavy atom. The maximum Gasteiger partial charge on any atom is 0.334 e. The molecule has 0 aliphatic carbocycles. The van der Waals surface area contributed by atoms with Crippen LogP contribution in [0.25, 0.3) is 16.6 Å². The van der Waals surface area contributed by atoms with Crippen LogP contribution in [0.4, 0.5) is 0 Å². The van der Waals surface area contributed by atoms with Gasteiger partial charge < -0.3 is 9.47 Å². The number of ether oxygens (including phenoxy) is 2. The van der Waals surface area contributed by atoms with E-state index in [9.17, 15) is 9.59 Å². The van der Waals surface area contributed by atoms with E-state index in [0.29, 0.717) is 11.3 Å². The average Bonchev–Trinajstić information content (AvgIpc) is 3.22. The molecule has 0 aliphatic rings. The van der Waals surface area contributed by atoms with Crippen molar-refractivity contribution in [3.8, 4) is 5.69 Å². The van der Waals surface area contributed by atoms with Crippen LogP contribution in [0.3, 0.4) is 0 Å². The lowest BCUT2D eigenvalue weighted by molar-refractivity contribution is -0.153. The number of para-hydroxylation sites is 1. The van der Waals surface area contributed by atoms with Crippen molar-refractivity contribution < 1.29 is 19.1 Å². The van der Waals surface area contributed by atoms with Gasteiger partial charge in [-0.2, -0.15) is 5.10 Å². The Morgan fingerprint density at radius 1 is 1.00 bits per heavy atom. The zero-order valence-electron chi connectivity index (χ0n) is 18.2. The number of carbonyl (C=O) groups is 2. The summed E-state index contributed by atoms with van der Waals surface area (Å²) in [5.74, 6) is -0.537. The van der Waals surface area contributed by atoms with E-state index in [0.717, 1.165) is 27.7 Å². The van der Waals surface area contributed by atoms with E-state index in [-0.39, 0.29) is 12.4 Å². The van der Waals surface area contributed by atoms with Gasteiger partial charge in [-0.05, 0) is 37.6 Å². The number of hydrogen-bond donors (Lipinski definition) is 0. The second-order valence-electron chi connectivity index (χ2n) is 7.62. The van der Waals surface area contributed by atoms with Gasteiger partial charge in [-0.3, -0.25) is 4.79 Å². The van der Waals surface area contributed by atoms with E-state index >= 15 is 0 Å². The van der Waals surface area contributed by atoms with Crippen molar-refractivity contribution in [2.45, 2.75) is 26.6 Å². The minimum Gasteiger partial charge on any atom is -0.467 e. The number of ketones is 1. The molecule has 0 spiro atoms. The predicted octanol–water partition coefficient (Wildman–Crippen LogP) is 4.64. The first-order valence-corrected chi connectivity index (χ1v) is 10.4. The molecule has 1 heterocycles. The maximum absolute atomic E-state index is 13.2. The Morgan fingerprint density at radius 3 is 2.50 bits per heavy atom. The zero-order valence-corrected chi connectivity index (χ0v) is 18.2. The summed E-state index contributed by atoms with van der Waals surface area (Å²) >= 11 is 0. The first-order valence-electron chi connectivity index (χ1n) is 10.4. The lowest BCUT2D eigenvalue weighted by atomic mass is 10.0. The molecule has 0 amide bonds. The molecule has 6 heteroatoms. The largest absolute Gasteiger partial charge is 0.467 e. The molecule has 0 saturated heterocycles. The van der Waals surface area contributed by atoms with Crippen LogP contribution in [0.2, 0.25) is 0 Å². The Kier molecular flexibility index (Phi) is 6.14. The number of esters is 1. The molecule has 162 valence electrons. The number of aryl methyl sites for hydroxylation is 1. The number of aromatic nitrogens is 2. The van der Waals surface area contributed by atoms with Crippen LogP contribution in [0.5, 0.6) is 0 Å². The third-order valence-electron chi connectivity index (χ3n) is 5.30. The van der Waals surface area contributed by atoms with Crippen LogP contribution >= 0.6 is 0 Å². The molecule has 1 aromatic heterocycles. The normalized spacial score (nSPS) is 12.0. The minimum atomic E-state index is -0.659. The molecule has 0 radical (unpaired) electrons. The van der Waals surface area contributed by atoms with E-state index in [2.05, 4.69) is 5.10 Å². The molecule has 0 bridgehead atoms.